The molecule has 86 valence electrons. The Bertz CT molecular complexity index is 451. The Morgan fingerprint density at radius 1 is 1.38 bits per heavy atom. The number of nitrogens with two attached hydrogens (primary N) is 1. The van der Waals surface area contributed by atoms with Gasteiger partial charge in [0, 0.05) is 0 Å². The van der Waals surface area contributed by atoms with Crippen LogP contribution in [-0.2, 0) is 3.74 Å². The van der Waals surface area contributed by atoms with E-state index in [2.05, 4.69) is 5.10 Å². The van der Waals surface area contributed by atoms with E-state index in [0.29, 0.717) is 5.56 Å². The molecule has 7 nitrogen and oxygen atoms in total. The second-order valence-electron chi connectivity index (χ2n) is 2.87. The number of benzene rings is 1. The summed E-state index contributed by atoms with van der Waals surface area (Å²) in [5.74, 6) is 0. The van der Waals surface area contributed by atoms with Crippen LogP contribution in [0.4, 0.5) is 4.79 Å². The number of hydrazone groups is 1. The van der Waals surface area contributed by atoms with Gasteiger partial charge in [0.1, 0.15) is 0 Å². The molecule has 2 amide bonds. The molecule has 1 rings (SSSR count). The van der Waals surface area contributed by atoms with Crippen molar-refractivity contribution >= 4 is 30.8 Å². The number of urea groups is 1. The van der Waals surface area contributed by atoms with Crippen LogP contribution < -0.4 is 15.5 Å². The molecule has 0 aliphatic rings. The average Bonchev–Trinajstić information content (AvgIpc) is 2.16. The summed E-state index contributed by atoms with van der Waals surface area (Å²) >= 11 is -4.82. The van der Waals surface area contributed by atoms with Crippen molar-refractivity contribution in [1.82, 2.24) is 5.43 Å². The molecule has 1 aromatic carbocycles. The van der Waals surface area contributed by atoms with Gasteiger partial charge >= 0.3 is 93.6 Å². The first-order valence-corrected chi connectivity index (χ1v) is 7.52. The minimum absolute atomic E-state index is 0.0156. The Hall–Kier alpha value is -1.56. The zero-order chi connectivity index (χ0) is 12.2. The molecule has 1 aromatic rings. The number of rotatable bonds is 3. The van der Waals surface area contributed by atoms with Gasteiger partial charge in [-0.15, -0.1) is 0 Å². The number of amides is 2. The minimum atomic E-state index is -4.82. The fourth-order valence-corrected chi connectivity index (χ4v) is 2.05. The average molecular weight is 287 g/mol. The summed E-state index contributed by atoms with van der Waals surface area (Å²) in [5.41, 5.74) is 7.36. The van der Waals surface area contributed by atoms with Crippen LogP contribution in [0.25, 0.3) is 0 Å². The van der Waals surface area contributed by atoms with Crippen molar-refractivity contribution < 1.29 is 16.7 Å². The molecule has 0 unspecified atom stereocenters. The third-order valence-corrected chi connectivity index (χ3v) is 3.65. The second-order valence-corrected chi connectivity index (χ2v) is 6.24. The normalized spacial score (nSPS) is 11.6. The van der Waals surface area contributed by atoms with Gasteiger partial charge in [-0.1, -0.05) is 0 Å². The summed E-state index contributed by atoms with van der Waals surface area (Å²) in [7, 11) is 0. The Labute approximate surface area is 94.0 Å². The molecule has 0 saturated heterocycles. The Morgan fingerprint density at radius 2 is 1.94 bits per heavy atom. The van der Waals surface area contributed by atoms with Crippen molar-refractivity contribution in [3.63, 3.8) is 0 Å². The third-order valence-electron chi connectivity index (χ3n) is 1.62. The fourth-order valence-electron chi connectivity index (χ4n) is 0.925. The van der Waals surface area contributed by atoms with Crippen LogP contribution in [0.2, 0.25) is 0 Å². The number of carbonyl (C=O) groups excluding carboxylic acids is 1. The van der Waals surface area contributed by atoms with Crippen LogP contribution in [0.1, 0.15) is 5.56 Å². The first kappa shape index (κ1) is 12.5. The number of carbonyl (C=O) groups is 1. The predicted octanol–water partition coefficient (Wildman–Crippen LogP) is -1.75. The van der Waals surface area contributed by atoms with E-state index in [1.165, 1.54) is 30.5 Å². The van der Waals surface area contributed by atoms with Crippen LogP contribution >= 0.6 is 0 Å². The van der Waals surface area contributed by atoms with E-state index in [4.69, 9.17) is 13.9 Å². The molecule has 0 fully saturated rings. The first-order chi connectivity index (χ1) is 7.39. The number of hydrogen-bond donors (Lipinski definition) is 4. The van der Waals surface area contributed by atoms with E-state index >= 15 is 0 Å². The van der Waals surface area contributed by atoms with E-state index in [1.54, 1.807) is 0 Å². The molecule has 0 atom stereocenters. The van der Waals surface area contributed by atoms with Crippen LogP contribution in [0.15, 0.2) is 29.4 Å². The third kappa shape index (κ3) is 3.90. The zero-order valence-electron chi connectivity index (χ0n) is 8.07. The van der Waals surface area contributed by atoms with Crippen molar-refractivity contribution in [2.45, 2.75) is 0 Å². The van der Waals surface area contributed by atoms with E-state index < -0.39 is 20.2 Å². The van der Waals surface area contributed by atoms with Gasteiger partial charge in [0.2, 0.25) is 0 Å². The van der Waals surface area contributed by atoms with E-state index in [1.807, 2.05) is 5.43 Å². The molecule has 0 aliphatic carbocycles. The number of hydrogen-bond acceptors (Lipinski definition) is 3. The summed E-state index contributed by atoms with van der Waals surface area (Å²) < 4.78 is 28.7. The summed E-state index contributed by atoms with van der Waals surface area (Å²) in [6.45, 7) is 0. The van der Waals surface area contributed by atoms with Gasteiger partial charge in [-0.3, -0.25) is 0 Å². The second kappa shape index (κ2) is 4.98. The van der Waals surface area contributed by atoms with Crippen LogP contribution in [0.3, 0.4) is 0 Å². The van der Waals surface area contributed by atoms with Crippen molar-refractivity contribution in [2.75, 3.05) is 0 Å². The molecule has 0 aromatic heterocycles. The molecule has 0 spiro atoms. The van der Waals surface area contributed by atoms with Gasteiger partial charge in [-0.25, -0.2) is 0 Å². The standard InChI is InChI=1S/C8H10AsN3O4/c10-8(13)12-11-5-6-1-3-7(4-2-6)9(14,15)16/h1-5H,(H3,10,12,13)(H2,14,15,16). The van der Waals surface area contributed by atoms with E-state index in [9.17, 15) is 8.53 Å². The predicted molar refractivity (Wildman–Crippen MR) is 57.3 cm³/mol. The summed E-state index contributed by atoms with van der Waals surface area (Å²) in [6, 6.07) is 4.78. The van der Waals surface area contributed by atoms with Gasteiger partial charge in [0.05, 0.1) is 0 Å². The molecule has 0 bridgehead atoms. The Balaban J connectivity index is 2.76. The van der Waals surface area contributed by atoms with Crippen LogP contribution in [-0.4, -0.2) is 34.6 Å². The monoisotopic (exact) mass is 287 g/mol. The van der Waals surface area contributed by atoms with Gasteiger partial charge in [0.15, 0.2) is 0 Å². The van der Waals surface area contributed by atoms with Gasteiger partial charge in [0.25, 0.3) is 0 Å². The summed E-state index contributed by atoms with van der Waals surface area (Å²) in [5, 5.41) is 3.49. The van der Waals surface area contributed by atoms with Crippen LogP contribution in [0, 0.1) is 0 Å². The number of primary amides is 1. The first-order valence-electron chi connectivity index (χ1n) is 4.14. The molecule has 0 aliphatic heterocycles. The molecule has 0 heterocycles. The Kier molecular flexibility index (Phi) is 3.89. The molecule has 0 radical (unpaired) electrons. The van der Waals surface area contributed by atoms with E-state index in [0.717, 1.165) is 0 Å². The van der Waals surface area contributed by atoms with Crippen molar-refractivity contribution in [3.8, 4) is 0 Å². The van der Waals surface area contributed by atoms with Crippen molar-refractivity contribution in [2.24, 2.45) is 10.8 Å². The quantitative estimate of drug-likeness (QED) is 0.299. The molecule has 8 heteroatoms. The van der Waals surface area contributed by atoms with E-state index in [-0.39, 0.29) is 4.35 Å². The van der Waals surface area contributed by atoms with Gasteiger partial charge in [-0.2, -0.15) is 0 Å². The topological polar surface area (TPSA) is 125 Å². The Morgan fingerprint density at radius 3 is 2.38 bits per heavy atom. The molecule has 0 saturated carbocycles. The molecule has 5 N–H and O–H groups in total. The SMILES string of the molecule is NC(=O)NN=Cc1ccc([As](=O)(O)O)cc1. The van der Waals surface area contributed by atoms with Gasteiger partial charge in [-0.05, 0) is 0 Å². The summed E-state index contributed by atoms with van der Waals surface area (Å²) in [4.78, 5) is 10.3. The maximum absolute atomic E-state index is 10.9. The van der Waals surface area contributed by atoms with Gasteiger partial charge < -0.3 is 0 Å². The summed E-state index contributed by atoms with van der Waals surface area (Å²) in [6.07, 6.45) is 1.31. The van der Waals surface area contributed by atoms with Crippen LogP contribution in [0.5, 0.6) is 0 Å². The van der Waals surface area contributed by atoms with Crippen molar-refractivity contribution in [3.05, 3.63) is 29.8 Å². The number of nitrogens with one attached hydrogen (secondary N) is 1. The molecular formula is C8H10AsN3O4. The molecule has 16 heavy (non-hydrogen) atoms. The molecular weight excluding hydrogens is 277 g/mol. The fraction of sp³-hybridized carbons (Fsp3) is 0. The number of nitrogens with zero attached hydrogens (tertiary/aromatic N) is 1. The zero-order valence-corrected chi connectivity index (χ0v) is 9.95. The van der Waals surface area contributed by atoms with Crippen molar-refractivity contribution in [1.29, 1.82) is 0 Å². The maximum atomic E-state index is 10.9.